The number of benzene rings is 1. The number of hydrogen-bond donors (Lipinski definition) is 2. The molecule has 1 aliphatic heterocycles. The summed E-state index contributed by atoms with van der Waals surface area (Å²) < 4.78 is 11.7. The second-order valence-corrected chi connectivity index (χ2v) is 7.76. The van der Waals surface area contributed by atoms with Crippen LogP contribution in [-0.4, -0.2) is 24.7 Å². The normalized spacial score (nSPS) is 25.0. The minimum atomic E-state index is -0.602. The molecule has 6 nitrogen and oxygen atoms in total. The zero-order valence-corrected chi connectivity index (χ0v) is 16.9. The zero-order valence-electron chi connectivity index (χ0n) is 16.9. The van der Waals surface area contributed by atoms with Crippen molar-refractivity contribution in [2.75, 3.05) is 6.61 Å². The molecule has 152 valence electrons. The quantitative estimate of drug-likeness (QED) is 0.718. The molecule has 0 bridgehead atoms. The van der Waals surface area contributed by atoms with Crippen molar-refractivity contribution in [2.45, 2.75) is 65.0 Å². The van der Waals surface area contributed by atoms with Crippen LogP contribution in [-0.2, 0) is 9.53 Å². The second kappa shape index (κ2) is 9.13. The SMILES string of the molecule is CCCOc1ccccc1[C@@H]1NC(=O)NC(C)=C1C(=O)O[C@H]1CCC[C@@H](C)C1. The molecule has 28 heavy (non-hydrogen) atoms. The van der Waals surface area contributed by atoms with Crippen molar-refractivity contribution < 1.29 is 19.1 Å². The maximum atomic E-state index is 13.1. The van der Waals surface area contributed by atoms with Gasteiger partial charge in [0.15, 0.2) is 0 Å². The Balaban J connectivity index is 1.88. The number of rotatable bonds is 6. The third-order valence-corrected chi connectivity index (χ3v) is 5.34. The minimum absolute atomic E-state index is 0.0681. The van der Waals surface area contributed by atoms with E-state index in [1.165, 1.54) is 6.42 Å². The van der Waals surface area contributed by atoms with E-state index in [9.17, 15) is 9.59 Å². The van der Waals surface area contributed by atoms with Crippen molar-refractivity contribution in [3.8, 4) is 5.75 Å². The molecule has 3 atom stereocenters. The highest BCUT2D eigenvalue weighted by molar-refractivity contribution is 5.95. The van der Waals surface area contributed by atoms with Gasteiger partial charge in [0, 0.05) is 11.3 Å². The molecular formula is C22H30N2O4. The molecule has 0 radical (unpaired) electrons. The number of allylic oxidation sites excluding steroid dienone is 1. The molecule has 3 rings (SSSR count). The summed E-state index contributed by atoms with van der Waals surface area (Å²) in [5.74, 6) is 0.852. The fourth-order valence-corrected chi connectivity index (χ4v) is 3.96. The van der Waals surface area contributed by atoms with E-state index < -0.39 is 6.04 Å². The first kappa shape index (κ1) is 20.2. The highest BCUT2D eigenvalue weighted by atomic mass is 16.5. The van der Waals surface area contributed by atoms with Crippen LogP contribution in [0.5, 0.6) is 5.75 Å². The number of hydrogen-bond acceptors (Lipinski definition) is 4. The topological polar surface area (TPSA) is 76.7 Å². The second-order valence-electron chi connectivity index (χ2n) is 7.76. The van der Waals surface area contributed by atoms with E-state index in [1.807, 2.05) is 31.2 Å². The molecule has 1 aromatic carbocycles. The summed E-state index contributed by atoms with van der Waals surface area (Å²) in [6, 6.07) is 6.56. The third kappa shape index (κ3) is 4.66. The van der Waals surface area contributed by atoms with E-state index in [0.29, 0.717) is 29.5 Å². The summed E-state index contributed by atoms with van der Waals surface area (Å²) in [5, 5.41) is 5.57. The van der Waals surface area contributed by atoms with Gasteiger partial charge in [0.1, 0.15) is 11.9 Å². The van der Waals surface area contributed by atoms with Crippen LogP contribution in [0.2, 0.25) is 0 Å². The van der Waals surface area contributed by atoms with Crippen LogP contribution in [0.3, 0.4) is 0 Å². The van der Waals surface area contributed by atoms with Crippen LogP contribution in [0.25, 0.3) is 0 Å². The fourth-order valence-electron chi connectivity index (χ4n) is 3.96. The molecule has 2 N–H and O–H groups in total. The summed E-state index contributed by atoms with van der Waals surface area (Å²) in [5.41, 5.74) is 1.72. The Morgan fingerprint density at radius 1 is 1.25 bits per heavy atom. The first-order valence-electron chi connectivity index (χ1n) is 10.2. The Kier molecular flexibility index (Phi) is 6.60. The first-order chi connectivity index (χ1) is 13.5. The lowest BCUT2D eigenvalue weighted by molar-refractivity contribution is -0.146. The van der Waals surface area contributed by atoms with Gasteiger partial charge in [0.05, 0.1) is 18.2 Å². The number of esters is 1. The number of carbonyl (C=O) groups excluding carboxylic acids is 2. The van der Waals surface area contributed by atoms with Gasteiger partial charge in [0.2, 0.25) is 0 Å². The molecule has 0 saturated heterocycles. The van der Waals surface area contributed by atoms with Crippen LogP contribution >= 0.6 is 0 Å². The maximum absolute atomic E-state index is 13.1. The van der Waals surface area contributed by atoms with Crippen molar-refractivity contribution in [1.29, 1.82) is 0 Å². The third-order valence-electron chi connectivity index (χ3n) is 5.34. The van der Waals surface area contributed by atoms with Crippen molar-refractivity contribution in [3.05, 3.63) is 41.1 Å². The summed E-state index contributed by atoms with van der Waals surface area (Å²) in [6.07, 6.45) is 4.83. The van der Waals surface area contributed by atoms with Gasteiger partial charge in [-0.2, -0.15) is 0 Å². The minimum Gasteiger partial charge on any atom is -0.493 e. The van der Waals surface area contributed by atoms with Gasteiger partial charge >= 0.3 is 12.0 Å². The molecule has 0 aromatic heterocycles. The molecule has 2 aliphatic rings. The fraction of sp³-hybridized carbons (Fsp3) is 0.545. The standard InChI is InChI=1S/C22H30N2O4/c1-4-12-27-18-11-6-5-10-17(18)20-19(15(3)23-22(26)24-20)21(25)28-16-9-7-8-14(2)13-16/h5-6,10-11,14,16,20H,4,7-9,12-13H2,1-3H3,(H2,23,24,26)/t14-,16+,20+/m1/s1. The van der Waals surface area contributed by atoms with Crippen molar-refractivity contribution >= 4 is 12.0 Å². The van der Waals surface area contributed by atoms with E-state index >= 15 is 0 Å². The van der Waals surface area contributed by atoms with E-state index in [2.05, 4.69) is 17.6 Å². The highest BCUT2D eigenvalue weighted by Gasteiger charge is 2.35. The molecule has 2 amide bonds. The number of carbonyl (C=O) groups is 2. The number of ether oxygens (including phenoxy) is 2. The van der Waals surface area contributed by atoms with Gasteiger partial charge in [-0.25, -0.2) is 9.59 Å². The van der Waals surface area contributed by atoms with Crippen LogP contribution < -0.4 is 15.4 Å². The van der Waals surface area contributed by atoms with Crippen LogP contribution in [0.1, 0.15) is 64.5 Å². The first-order valence-corrected chi connectivity index (χ1v) is 10.2. The molecule has 0 spiro atoms. The number of amides is 2. The van der Waals surface area contributed by atoms with Crippen molar-refractivity contribution in [2.24, 2.45) is 5.92 Å². The number of para-hydroxylation sites is 1. The van der Waals surface area contributed by atoms with Crippen LogP contribution in [0.15, 0.2) is 35.5 Å². The molecule has 1 heterocycles. The Hall–Kier alpha value is -2.50. The Labute approximate surface area is 166 Å². The smallest absolute Gasteiger partial charge is 0.338 e. The zero-order chi connectivity index (χ0) is 20.1. The van der Waals surface area contributed by atoms with E-state index in [0.717, 1.165) is 31.2 Å². The van der Waals surface area contributed by atoms with E-state index in [-0.39, 0.29) is 18.1 Å². The van der Waals surface area contributed by atoms with E-state index in [1.54, 1.807) is 6.92 Å². The largest absolute Gasteiger partial charge is 0.493 e. The van der Waals surface area contributed by atoms with Gasteiger partial charge in [-0.3, -0.25) is 0 Å². The lowest BCUT2D eigenvalue weighted by Gasteiger charge is -2.31. The number of urea groups is 1. The molecule has 0 unspecified atom stereocenters. The average molecular weight is 386 g/mol. The lowest BCUT2D eigenvalue weighted by atomic mass is 9.88. The molecule has 1 aromatic rings. The molecule has 1 fully saturated rings. The van der Waals surface area contributed by atoms with Crippen LogP contribution in [0.4, 0.5) is 4.79 Å². The van der Waals surface area contributed by atoms with Gasteiger partial charge in [-0.1, -0.05) is 38.5 Å². The monoisotopic (exact) mass is 386 g/mol. The Bertz CT molecular complexity index is 759. The van der Waals surface area contributed by atoms with Crippen molar-refractivity contribution in [1.82, 2.24) is 10.6 Å². The predicted octanol–water partition coefficient (Wildman–Crippen LogP) is 4.23. The summed E-state index contributed by atoms with van der Waals surface area (Å²) >= 11 is 0. The van der Waals surface area contributed by atoms with Gasteiger partial charge in [-0.15, -0.1) is 0 Å². The molecule has 1 saturated carbocycles. The molecular weight excluding hydrogens is 356 g/mol. The predicted molar refractivity (Wildman–Crippen MR) is 107 cm³/mol. The van der Waals surface area contributed by atoms with Gasteiger partial charge in [0.25, 0.3) is 0 Å². The Morgan fingerprint density at radius 3 is 2.79 bits per heavy atom. The van der Waals surface area contributed by atoms with Gasteiger partial charge in [-0.05, 0) is 44.6 Å². The van der Waals surface area contributed by atoms with Crippen LogP contribution in [0, 0.1) is 5.92 Å². The average Bonchev–Trinajstić information content (AvgIpc) is 2.66. The van der Waals surface area contributed by atoms with Gasteiger partial charge < -0.3 is 20.1 Å². The molecule has 1 aliphatic carbocycles. The summed E-state index contributed by atoms with van der Waals surface area (Å²) in [4.78, 5) is 25.2. The molecule has 6 heteroatoms. The lowest BCUT2D eigenvalue weighted by Crippen LogP contribution is -2.45. The van der Waals surface area contributed by atoms with E-state index in [4.69, 9.17) is 9.47 Å². The maximum Gasteiger partial charge on any atom is 0.338 e. The van der Waals surface area contributed by atoms with Crippen molar-refractivity contribution in [3.63, 3.8) is 0 Å². The number of nitrogens with one attached hydrogen (secondary N) is 2. The highest BCUT2D eigenvalue weighted by Crippen LogP contribution is 2.35. The Morgan fingerprint density at radius 2 is 2.04 bits per heavy atom. The summed E-state index contributed by atoms with van der Waals surface area (Å²) in [6.45, 7) is 6.53. The summed E-state index contributed by atoms with van der Waals surface area (Å²) in [7, 11) is 0.